The molecule has 0 spiro atoms. The molecule has 0 aliphatic carbocycles. The molecule has 1 aromatic rings. The molecule has 19 heavy (non-hydrogen) atoms. The summed E-state index contributed by atoms with van der Waals surface area (Å²) >= 11 is 0. The van der Waals surface area contributed by atoms with E-state index in [2.05, 4.69) is 20.9 Å². The van der Waals surface area contributed by atoms with Crippen LogP contribution in [0, 0.1) is 0 Å². The van der Waals surface area contributed by atoms with Crippen molar-refractivity contribution in [2.24, 2.45) is 0 Å². The van der Waals surface area contributed by atoms with Crippen molar-refractivity contribution in [3.8, 4) is 0 Å². The quantitative estimate of drug-likeness (QED) is 0.622. The van der Waals surface area contributed by atoms with E-state index < -0.39 is 0 Å². The zero-order chi connectivity index (χ0) is 14.1. The van der Waals surface area contributed by atoms with Crippen LogP contribution in [-0.4, -0.2) is 47.7 Å². The molecule has 0 fully saturated rings. The Morgan fingerprint density at radius 2 is 2.37 bits per heavy atom. The van der Waals surface area contributed by atoms with Gasteiger partial charge < -0.3 is 15.4 Å². The van der Waals surface area contributed by atoms with Crippen LogP contribution in [-0.2, 0) is 16.1 Å². The molecule has 1 aromatic heterocycles. The number of hydrogen-bond acceptors (Lipinski definition) is 5. The van der Waals surface area contributed by atoms with Crippen molar-refractivity contribution in [2.75, 3.05) is 26.8 Å². The van der Waals surface area contributed by atoms with Gasteiger partial charge in [0.25, 0.3) is 0 Å². The Morgan fingerprint density at radius 1 is 1.58 bits per heavy atom. The van der Waals surface area contributed by atoms with Gasteiger partial charge in [-0.3, -0.25) is 4.79 Å². The number of nitrogens with one attached hydrogen (secondary N) is 2. The molecule has 0 aromatic carbocycles. The van der Waals surface area contributed by atoms with Gasteiger partial charge in [-0.2, -0.15) is 0 Å². The predicted molar refractivity (Wildman–Crippen MR) is 71.6 cm³/mol. The summed E-state index contributed by atoms with van der Waals surface area (Å²) < 4.78 is 6.51. The molecular weight excluding hydrogens is 246 g/mol. The predicted octanol–water partition coefficient (Wildman–Crippen LogP) is 0.101. The van der Waals surface area contributed by atoms with Crippen LogP contribution in [0.15, 0.2) is 6.20 Å². The number of methoxy groups -OCH3 is 1. The zero-order valence-electron chi connectivity index (χ0n) is 11.8. The van der Waals surface area contributed by atoms with Crippen LogP contribution in [0.1, 0.15) is 32.0 Å². The second kappa shape index (κ2) is 8.60. The lowest BCUT2D eigenvalue weighted by molar-refractivity contribution is -0.124. The molecular formula is C12H23N5O2. The molecule has 0 saturated carbocycles. The van der Waals surface area contributed by atoms with Crippen molar-refractivity contribution in [1.29, 1.82) is 0 Å². The van der Waals surface area contributed by atoms with Gasteiger partial charge in [-0.15, -0.1) is 5.10 Å². The van der Waals surface area contributed by atoms with Crippen molar-refractivity contribution < 1.29 is 9.53 Å². The molecule has 108 valence electrons. The first kappa shape index (κ1) is 15.6. The number of nitrogens with zero attached hydrogens (tertiary/aromatic N) is 3. The minimum absolute atomic E-state index is 0.0593. The number of carbonyl (C=O) groups excluding carboxylic acids is 1. The summed E-state index contributed by atoms with van der Waals surface area (Å²) in [5, 5.41) is 14.0. The SMILES string of the molecule is CCNCc1cn(C(C)C(=O)NCCCOC)nn1. The second-order valence-corrected chi connectivity index (χ2v) is 4.28. The van der Waals surface area contributed by atoms with Crippen LogP contribution in [0.5, 0.6) is 0 Å². The number of carbonyl (C=O) groups is 1. The first-order chi connectivity index (χ1) is 9.19. The van der Waals surface area contributed by atoms with Gasteiger partial charge in [-0.05, 0) is 19.9 Å². The molecule has 1 amide bonds. The average molecular weight is 269 g/mol. The molecule has 0 aliphatic rings. The fraction of sp³-hybridized carbons (Fsp3) is 0.750. The van der Waals surface area contributed by atoms with E-state index >= 15 is 0 Å². The highest BCUT2D eigenvalue weighted by molar-refractivity contribution is 5.79. The highest BCUT2D eigenvalue weighted by Crippen LogP contribution is 2.04. The van der Waals surface area contributed by atoms with Crippen LogP contribution >= 0.6 is 0 Å². The molecule has 1 rings (SSSR count). The molecule has 0 bridgehead atoms. The topological polar surface area (TPSA) is 81.1 Å². The van der Waals surface area contributed by atoms with Crippen LogP contribution in [0.2, 0.25) is 0 Å². The monoisotopic (exact) mass is 269 g/mol. The summed E-state index contributed by atoms with van der Waals surface area (Å²) in [6, 6.07) is -0.356. The van der Waals surface area contributed by atoms with E-state index in [4.69, 9.17) is 4.74 Å². The maximum atomic E-state index is 11.9. The third-order valence-corrected chi connectivity index (χ3v) is 2.71. The Hall–Kier alpha value is -1.47. The lowest BCUT2D eigenvalue weighted by Gasteiger charge is -2.11. The van der Waals surface area contributed by atoms with Gasteiger partial charge in [0.15, 0.2) is 0 Å². The van der Waals surface area contributed by atoms with Gasteiger partial charge in [0.1, 0.15) is 6.04 Å². The van der Waals surface area contributed by atoms with E-state index in [-0.39, 0.29) is 11.9 Å². The Labute approximate surface area is 113 Å². The summed E-state index contributed by atoms with van der Waals surface area (Å²) in [6.07, 6.45) is 2.60. The highest BCUT2D eigenvalue weighted by atomic mass is 16.5. The Bertz CT molecular complexity index is 380. The van der Waals surface area contributed by atoms with E-state index in [1.165, 1.54) is 0 Å². The van der Waals surface area contributed by atoms with Gasteiger partial charge in [0.2, 0.25) is 5.91 Å². The minimum Gasteiger partial charge on any atom is -0.385 e. The maximum absolute atomic E-state index is 11.9. The number of rotatable bonds is 9. The van der Waals surface area contributed by atoms with Gasteiger partial charge in [0.05, 0.1) is 11.9 Å². The summed E-state index contributed by atoms with van der Waals surface area (Å²) in [5.74, 6) is -0.0593. The summed E-state index contributed by atoms with van der Waals surface area (Å²) in [4.78, 5) is 11.9. The Morgan fingerprint density at radius 3 is 3.05 bits per heavy atom. The summed E-state index contributed by atoms with van der Waals surface area (Å²) in [7, 11) is 1.64. The first-order valence-corrected chi connectivity index (χ1v) is 6.57. The normalized spacial score (nSPS) is 12.4. The molecule has 1 unspecified atom stereocenters. The lowest BCUT2D eigenvalue weighted by atomic mass is 10.3. The summed E-state index contributed by atoms with van der Waals surface area (Å²) in [5.41, 5.74) is 0.834. The van der Waals surface area contributed by atoms with E-state index in [1.807, 2.05) is 6.92 Å². The number of amides is 1. The van der Waals surface area contributed by atoms with Crippen LogP contribution in [0.25, 0.3) is 0 Å². The third-order valence-electron chi connectivity index (χ3n) is 2.71. The van der Waals surface area contributed by atoms with Crippen molar-refractivity contribution in [3.05, 3.63) is 11.9 Å². The van der Waals surface area contributed by atoms with E-state index in [9.17, 15) is 4.79 Å². The number of aromatic nitrogens is 3. The summed E-state index contributed by atoms with van der Waals surface area (Å²) in [6.45, 7) is 6.62. The molecule has 0 saturated heterocycles. The van der Waals surface area contributed by atoms with E-state index in [1.54, 1.807) is 24.9 Å². The second-order valence-electron chi connectivity index (χ2n) is 4.28. The molecule has 2 N–H and O–H groups in total. The number of ether oxygens (including phenoxy) is 1. The number of hydrogen-bond donors (Lipinski definition) is 2. The molecule has 0 aliphatic heterocycles. The zero-order valence-corrected chi connectivity index (χ0v) is 11.8. The molecule has 7 nitrogen and oxygen atoms in total. The first-order valence-electron chi connectivity index (χ1n) is 6.57. The van der Waals surface area contributed by atoms with Gasteiger partial charge in [0, 0.05) is 26.8 Å². The largest absolute Gasteiger partial charge is 0.385 e. The maximum Gasteiger partial charge on any atom is 0.244 e. The third kappa shape index (κ3) is 5.35. The minimum atomic E-state index is -0.356. The van der Waals surface area contributed by atoms with E-state index in [0.717, 1.165) is 18.7 Å². The average Bonchev–Trinajstić information content (AvgIpc) is 2.89. The van der Waals surface area contributed by atoms with Crippen LogP contribution in [0.4, 0.5) is 0 Å². The fourth-order valence-electron chi connectivity index (χ4n) is 1.53. The van der Waals surface area contributed by atoms with Gasteiger partial charge in [-0.25, -0.2) is 4.68 Å². The van der Waals surface area contributed by atoms with Crippen molar-refractivity contribution in [3.63, 3.8) is 0 Å². The Balaban J connectivity index is 2.40. The van der Waals surface area contributed by atoms with E-state index in [0.29, 0.717) is 19.7 Å². The van der Waals surface area contributed by atoms with Crippen LogP contribution < -0.4 is 10.6 Å². The smallest absolute Gasteiger partial charge is 0.244 e. The fourth-order valence-corrected chi connectivity index (χ4v) is 1.53. The lowest BCUT2D eigenvalue weighted by Crippen LogP contribution is -2.32. The van der Waals surface area contributed by atoms with Crippen molar-refractivity contribution >= 4 is 5.91 Å². The standard InChI is InChI=1S/C12H23N5O2/c1-4-13-8-11-9-17(16-15-11)10(2)12(18)14-6-5-7-19-3/h9-10,13H,4-8H2,1-3H3,(H,14,18). The molecule has 0 radical (unpaired) electrons. The highest BCUT2D eigenvalue weighted by Gasteiger charge is 2.15. The van der Waals surface area contributed by atoms with Crippen molar-refractivity contribution in [1.82, 2.24) is 25.6 Å². The molecule has 1 heterocycles. The van der Waals surface area contributed by atoms with Crippen molar-refractivity contribution in [2.45, 2.75) is 32.9 Å². The van der Waals surface area contributed by atoms with Crippen LogP contribution in [0.3, 0.4) is 0 Å². The van der Waals surface area contributed by atoms with Gasteiger partial charge >= 0.3 is 0 Å². The van der Waals surface area contributed by atoms with Gasteiger partial charge in [-0.1, -0.05) is 12.1 Å². The Kier molecular flexibility index (Phi) is 7.06. The molecule has 7 heteroatoms. The molecule has 1 atom stereocenters.